The van der Waals surface area contributed by atoms with E-state index in [0.717, 1.165) is 31.3 Å². The van der Waals surface area contributed by atoms with E-state index in [1.165, 1.54) is 12.1 Å². The van der Waals surface area contributed by atoms with Gasteiger partial charge in [-0.15, -0.1) is 17.5 Å². The zero-order valence-corrected chi connectivity index (χ0v) is 17.0. The molecule has 5 rings (SSSR count). The molecular weight excluding hydrogens is 416 g/mol. The number of ether oxygens (including phenoxy) is 2. The molecule has 10 heteroatoms. The summed E-state index contributed by atoms with van der Waals surface area (Å²) < 4.78 is 40.4. The van der Waals surface area contributed by atoms with Crippen LogP contribution in [-0.4, -0.2) is 51.2 Å². The van der Waals surface area contributed by atoms with E-state index in [-0.39, 0.29) is 36.7 Å². The first kappa shape index (κ1) is 20.6. The molecule has 0 N–H and O–H groups in total. The summed E-state index contributed by atoms with van der Waals surface area (Å²) >= 11 is 0. The van der Waals surface area contributed by atoms with Crippen molar-refractivity contribution in [3.8, 4) is 17.1 Å². The number of hydrogen-bond acceptors (Lipinski definition) is 6. The van der Waals surface area contributed by atoms with Gasteiger partial charge in [-0.1, -0.05) is 11.3 Å². The number of aromatic nitrogens is 4. The molecule has 0 saturated carbocycles. The summed E-state index contributed by atoms with van der Waals surface area (Å²) in [5.41, 5.74) is 2.43. The van der Waals surface area contributed by atoms with Gasteiger partial charge in [0.1, 0.15) is 17.3 Å². The quantitative estimate of drug-likeness (QED) is 0.627. The number of nitrogens with zero attached hydrogens (tertiary/aromatic N) is 5. The Bertz CT molecular complexity index is 1050. The van der Waals surface area contributed by atoms with Crippen LogP contribution in [0.1, 0.15) is 17.3 Å². The molecule has 0 unspecified atom stereocenters. The van der Waals surface area contributed by atoms with Crippen LogP contribution in [0.15, 0.2) is 36.5 Å². The van der Waals surface area contributed by atoms with Crippen molar-refractivity contribution in [2.75, 3.05) is 20.2 Å². The van der Waals surface area contributed by atoms with Crippen LogP contribution in [0.3, 0.4) is 0 Å². The largest absolute Gasteiger partial charge is 0.481 e. The zero-order chi connectivity index (χ0) is 20.0. The van der Waals surface area contributed by atoms with E-state index in [1.54, 1.807) is 13.3 Å². The molecule has 1 saturated heterocycles. The standard InChI is InChI=1S/C20H19F2N5O2.ClH/c1-28-19-5-2-12(7-23-19)8-26-9-16-18(10-26)29-11-17-20(24-25-27(16)17)14-4-3-13(21)6-15(14)22;/h2-7,16,18H,8-11H2,1H3;1H/t16-,18-;/m0./s1. The van der Waals surface area contributed by atoms with Crippen molar-refractivity contribution in [1.82, 2.24) is 24.9 Å². The Morgan fingerprint density at radius 2 is 2.07 bits per heavy atom. The van der Waals surface area contributed by atoms with Gasteiger partial charge in [0.2, 0.25) is 5.88 Å². The number of pyridine rings is 1. The third kappa shape index (κ3) is 3.64. The number of rotatable bonds is 4. The lowest BCUT2D eigenvalue weighted by atomic mass is 10.1. The Labute approximate surface area is 178 Å². The van der Waals surface area contributed by atoms with Crippen LogP contribution in [0, 0.1) is 11.6 Å². The van der Waals surface area contributed by atoms with Crippen molar-refractivity contribution >= 4 is 12.4 Å². The minimum Gasteiger partial charge on any atom is -0.481 e. The first-order chi connectivity index (χ1) is 14.1. The van der Waals surface area contributed by atoms with Crippen molar-refractivity contribution in [3.63, 3.8) is 0 Å². The van der Waals surface area contributed by atoms with Gasteiger partial charge in [-0.25, -0.2) is 18.4 Å². The SMILES string of the molecule is COc1ccc(CN2C[C@@H]3OCc4c(-c5ccc(F)cc5F)nnn4[C@H]3C2)cn1.Cl. The average Bonchev–Trinajstić information content (AvgIpc) is 3.32. The van der Waals surface area contributed by atoms with Crippen LogP contribution < -0.4 is 4.74 Å². The molecule has 158 valence electrons. The molecule has 0 amide bonds. The van der Waals surface area contributed by atoms with Gasteiger partial charge in [0, 0.05) is 43.5 Å². The van der Waals surface area contributed by atoms with E-state index in [4.69, 9.17) is 9.47 Å². The van der Waals surface area contributed by atoms with Gasteiger partial charge in [-0.2, -0.15) is 0 Å². The number of benzene rings is 1. The molecule has 4 heterocycles. The van der Waals surface area contributed by atoms with Gasteiger partial charge in [-0.3, -0.25) is 4.90 Å². The van der Waals surface area contributed by atoms with Gasteiger partial charge in [0.05, 0.1) is 31.6 Å². The summed E-state index contributed by atoms with van der Waals surface area (Å²) in [5, 5.41) is 8.45. The summed E-state index contributed by atoms with van der Waals surface area (Å²) in [6.45, 7) is 2.52. The van der Waals surface area contributed by atoms with E-state index in [2.05, 4.69) is 20.2 Å². The lowest BCUT2D eigenvalue weighted by molar-refractivity contribution is -0.00495. The summed E-state index contributed by atoms with van der Waals surface area (Å²) in [6.07, 6.45) is 1.79. The van der Waals surface area contributed by atoms with E-state index in [1.807, 2.05) is 16.8 Å². The zero-order valence-electron chi connectivity index (χ0n) is 16.2. The highest BCUT2D eigenvalue weighted by atomic mass is 35.5. The Hall–Kier alpha value is -2.62. The molecule has 1 fully saturated rings. The maximum Gasteiger partial charge on any atom is 0.212 e. The van der Waals surface area contributed by atoms with Crippen LogP contribution in [0.2, 0.25) is 0 Å². The molecule has 7 nitrogen and oxygen atoms in total. The number of likely N-dealkylation sites (tertiary alicyclic amines) is 1. The maximum absolute atomic E-state index is 14.2. The minimum absolute atomic E-state index is 0. The fraction of sp³-hybridized carbons (Fsp3) is 0.350. The number of methoxy groups -OCH3 is 1. The van der Waals surface area contributed by atoms with Crippen LogP contribution in [-0.2, 0) is 17.9 Å². The van der Waals surface area contributed by atoms with Crippen molar-refractivity contribution in [2.45, 2.75) is 25.3 Å². The molecule has 0 bridgehead atoms. The normalized spacial score (nSPS) is 20.4. The number of fused-ring (bicyclic) bond motifs is 3. The summed E-state index contributed by atoms with van der Waals surface area (Å²) in [5.74, 6) is -0.696. The van der Waals surface area contributed by atoms with E-state index >= 15 is 0 Å². The minimum atomic E-state index is -0.657. The van der Waals surface area contributed by atoms with Crippen molar-refractivity contribution in [3.05, 3.63) is 59.4 Å². The molecule has 1 aromatic carbocycles. The second kappa shape index (κ2) is 8.25. The van der Waals surface area contributed by atoms with E-state index in [9.17, 15) is 8.78 Å². The molecular formula is C20H20ClF2N5O2. The molecule has 2 aliphatic heterocycles. The molecule has 3 aromatic rings. The van der Waals surface area contributed by atoms with Gasteiger partial charge in [-0.05, 0) is 17.7 Å². The van der Waals surface area contributed by atoms with Crippen LogP contribution >= 0.6 is 12.4 Å². The van der Waals surface area contributed by atoms with Crippen LogP contribution in [0.4, 0.5) is 8.78 Å². The van der Waals surface area contributed by atoms with Gasteiger partial charge < -0.3 is 9.47 Å². The first-order valence-electron chi connectivity index (χ1n) is 9.34. The lowest BCUT2D eigenvalue weighted by Gasteiger charge is -2.26. The van der Waals surface area contributed by atoms with E-state index in [0.29, 0.717) is 17.3 Å². The summed E-state index contributed by atoms with van der Waals surface area (Å²) in [4.78, 5) is 6.52. The maximum atomic E-state index is 14.2. The topological polar surface area (TPSA) is 65.3 Å². The van der Waals surface area contributed by atoms with Gasteiger partial charge in [0.25, 0.3) is 0 Å². The fourth-order valence-electron chi connectivity index (χ4n) is 4.03. The molecule has 2 aliphatic rings. The highest BCUT2D eigenvalue weighted by molar-refractivity contribution is 5.85. The molecule has 0 spiro atoms. The number of hydrogen-bond donors (Lipinski definition) is 0. The van der Waals surface area contributed by atoms with Crippen molar-refractivity contribution in [1.29, 1.82) is 0 Å². The van der Waals surface area contributed by atoms with E-state index < -0.39 is 11.6 Å². The molecule has 30 heavy (non-hydrogen) atoms. The molecule has 2 atom stereocenters. The second-order valence-corrected chi connectivity index (χ2v) is 7.27. The third-order valence-corrected chi connectivity index (χ3v) is 5.45. The highest BCUT2D eigenvalue weighted by Crippen LogP contribution is 2.35. The molecule has 2 aromatic heterocycles. The first-order valence-corrected chi connectivity index (χ1v) is 9.34. The Balaban J connectivity index is 0.00000218. The fourth-order valence-corrected chi connectivity index (χ4v) is 4.03. The number of halogens is 3. The third-order valence-electron chi connectivity index (χ3n) is 5.45. The smallest absolute Gasteiger partial charge is 0.212 e. The van der Waals surface area contributed by atoms with Crippen molar-refractivity contribution < 1.29 is 18.3 Å². The highest BCUT2D eigenvalue weighted by Gasteiger charge is 2.40. The predicted octanol–water partition coefficient (Wildman–Crippen LogP) is 3.00. The Morgan fingerprint density at radius 1 is 1.20 bits per heavy atom. The van der Waals surface area contributed by atoms with Crippen LogP contribution in [0.25, 0.3) is 11.3 Å². The van der Waals surface area contributed by atoms with Crippen LogP contribution in [0.5, 0.6) is 5.88 Å². The monoisotopic (exact) mass is 435 g/mol. The summed E-state index contributed by atoms with van der Waals surface area (Å²) in [7, 11) is 1.59. The average molecular weight is 436 g/mol. The summed E-state index contributed by atoms with van der Waals surface area (Å²) in [6, 6.07) is 7.29. The Morgan fingerprint density at radius 3 is 2.80 bits per heavy atom. The molecule has 0 aliphatic carbocycles. The second-order valence-electron chi connectivity index (χ2n) is 7.27. The van der Waals surface area contributed by atoms with Gasteiger partial charge >= 0.3 is 0 Å². The lowest BCUT2D eigenvalue weighted by Crippen LogP contribution is -2.32. The molecule has 0 radical (unpaired) electrons. The van der Waals surface area contributed by atoms with Gasteiger partial charge in [0.15, 0.2) is 0 Å². The van der Waals surface area contributed by atoms with Crippen molar-refractivity contribution in [2.24, 2.45) is 0 Å². The Kier molecular flexibility index (Phi) is 5.68. The predicted molar refractivity (Wildman–Crippen MR) is 106 cm³/mol.